The molecule has 0 aliphatic carbocycles. The second-order valence-corrected chi connectivity index (χ2v) is 2.63. The molecule has 0 radical (unpaired) electrons. The third kappa shape index (κ3) is 2.10. The molecular weight excluding hydrogens is 207 g/mol. The summed E-state index contributed by atoms with van der Waals surface area (Å²) in [7, 11) is 0. The molecule has 2 nitrogen and oxygen atoms in total. The number of hydrogen-bond acceptors (Lipinski definition) is 2. The van der Waals surface area contributed by atoms with Crippen molar-refractivity contribution < 1.29 is 18.3 Å². The number of aromatic nitrogens is 1. The first-order valence-electron chi connectivity index (χ1n) is 3.30. The lowest BCUT2D eigenvalue weighted by atomic mass is 10.3. The number of nitrogens with zero attached hydrogens (tertiary/aromatic N) is 1. The molecule has 1 aromatic rings. The van der Waals surface area contributed by atoms with Crippen LogP contribution in [0.1, 0.15) is 17.8 Å². The average molecular weight is 212 g/mol. The summed E-state index contributed by atoms with van der Waals surface area (Å²) in [5.41, 5.74) is -1.01. The summed E-state index contributed by atoms with van der Waals surface area (Å²) in [6.07, 6.45) is -2.88. The maximum absolute atomic E-state index is 12.8. The molecular formula is C7H5ClF3NO. The molecule has 0 fully saturated rings. The fraction of sp³-hybridized carbons (Fsp3) is 0.286. The highest BCUT2D eigenvalue weighted by Crippen LogP contribution is 2.24. The lowest BCUT2D eigenvalue weighted by Gasteiger charge is -2.04. The maximum Gasteiger partial charge on any atom is 0.280 e. The number of pyridine rings is 1. The Labute approximate surface area is 77.0 Å². The molecule has 72 valence electrons. The van der Waals surface area contributed by atoms with Crippen molar-refractivity contribution >= 4 is 11.6 Å². The van der Waals surface area contributed by atoms with Crippen molar-refractivity contribution in [2.75, 3.05) is 0 Å². The monoisotopic (exact) mass is 211 g/mol. The van der Waals surface area contributed by atoms with Gasteiger partial charge in [0.15, 0.2) is 0 Å². The highest BCUT2D eigenvalue weighted by Gasteiger charge is 2.15. The lowest BCUT2D eigenvalue weighted by molar-refractivity contribution is 0.144. The lowest BCUT2D eigenvalue weighted by Crippen LogP contribution is -1.99. The molecule has 0 bridgehead atoms. The zero-order valence-electron chi connectivity index (χ0n) is 6.27. The summed E-state index contributed by atoms with van der Waals surface area (Å²) in [6, 6.07) is 0.548. The molecule has 0 aliphatic rings. The van der Waals surface area contributed by atoms with Gasteiger partial charge in [0.25, 0.3) is 6.43 Å². The van der Waals surface area contributed by atoms with Crippen LogP contribution < -0.4 is 0 Å². The first-order valence-corrected chi connectivity index (χ1v) is 3.68. The standard InChI is InChI=1S/C7H5ClF3NO/c8-6-3(9)1-4(7(10)11)12-5(6)2-13/h1,7,13H,2H2. The minimum Gasteiger partial charge on any atom is -0.390 e. The van der Waals surface area contributed by atoms with Gasteiger partial charge < -0.3 is 5.11 Å². The Balaban J connectivity index is 3.22. The zero-order valence-corrected chi connectivity index (χ0v) is 7.02. The predicted octanol–water partition coefficient (Wildman–Crippen LogP) is 2.30. The molecule has 6 heteroatoms. The maximum atomic E-state index is 12.8. The van der Waals surface area contributed by atoms with Crippen LogP contribution in [0.15, 0.2) is 6.07 Å². The molecule has 0 spiro atoms. The van der Waals surface area contributed by atoms with Crippen LogP contribution in [0.3, 0.4) is 0 Å². The van der Waals surface area contributed by atoms with Crippen molar-refractivity contribution in [1.82, 2.24) is 4.98 Å². The van der Waals surface area contributed by atoms with E-state index in [0.717, 1.165) is 0 Å². The van der Waals surface area contributed by atoms with Crippen molar-refractivity contribution in [3.8, 4) is 0 Å². The Hall–Kier alpha value is -0.810. The van der Waals surface area contributed by atoms with E-state index >= 15 is 0 Å². The van der Waals surface area contributed by atoms with Gasteiger partial charge in [-0.2, -0.15) is 0 Å². The third-order valence-corrected chi connectivity index (χ3v) is 1.77. The Morgan fingerprint density at radius 3 is 2.62 bits per heavy atom. The van der Waals surface area contributed by atoms with Gasteiger partial charge in [-0.1, -0.05) is 11.6 Å². The van der Waals surface area contributed by atoms with Crippen LogP contribution >= 0.6 is 11.6 Å². The molecule has 1 rings (SSSR count). The fourth-order valence-corrected chi connectivity index (χ4v) is 0.941. The normalized spacial score (nSPS) is 10.9. The van der Waals surface area contributed by atoms with Gasteiger partial charge in [0.05, 0.1) is 12.3 Å². The van der Waals surface area contributed by atoms with Crippen LogP contribution in [0.25, 0.3) is 0 Å². The average Bonchev–Trinajstić information content (AvgIpc) is 2.09. The van der Waals surface area contributed by atoms with Crippen LogP contribution in [0.4, 0.5) is 13.2 Å². The third-order valence-electron chi connectivity index (χ3n) is 1.38. The van der Waals surface area contributed by atoms with Gasteiger partial charge in [-0.25, -0.2) is 18.2 Å². The highest BCUT2D eigenvalue weighted by atomic mass is 35.5. The Morgan fingerprint density at radius 1 is 1.54 bits per heavy atom. The van der Waals surface area contributed by atoms with Crippen LogP contribution in [0.2, 0.25) is 5.02 Å². The molecule has 0 unspecified atom stereocenters. The van der Waals surface area contributed by atoms with Gasteiger partial charge in [-0.05, 0) is 0 Å². The zero-order chi connectivity index (χ0) is 10.0. The molecule has 1 aromatic heterocycles. The largest absolute Gasteiger partial charge is 0.390 e. The molecule has 0 saturated heterocycles. The van der Waals surface area contributed by atoms with E-state index in [2.05, 4.69) is 4.98 Å². The Kier molecular flexibility index (Phi) is 3.11. The number of alkyl halides is 2. The second kappa shape index (κ2) is 3.93. The van der Waals surface area contributed by atoms with E-state index in [0.29, 0.717) is 6.07 Å². The first kappa shape index (κ1) is 10.3. The summed E-state index contributed by atoms with van der Waals surface area (Å²) >= 11 is 5.33. The first-order chi connectivity index (χ1) is 6.06. The van der Waals surface area contributed by atoms with E-state index in [9.17, 15) is 13.2 Å². The Morgan fingerprint density at radius 2 is 2.15 bits per heavy atom. The number of halogens is 4. The van der Waals surface area contributed by atoms with Gasteiger partial charge in [0.2, 0.25) is 0 Å². The minimum atomic E-state index is -2.88. The molecule has 0 aliphatic heterocycles. The van der Waals surface area contributed by atoms with Crippen molar-refractivity contribution in [1.29, 1.82) is 0 Å². The summed E-state index contributed by atoms with van der Waals surface area (Å²) in [5, 5.41) is 8.17. The molecule has 0 saturated carbocycles. The van der Waals surface area contributed by atoms with Gasteiger partial charge in [0.1, 0.15) is 16.5 Å². The molecule has 0 aromatic carbocycles. The van der Waals surface area contributed by atoms with Crippen molar-refractivity contribution in [3.63, 3.8) is 0 Å². The Bertz CT molecular complexity index is 319. The van der Waals surface area contributed by atoms with E-state index in [4.69, 9.17) is 16.7 Å². The van der Waals surface area contributed by atoms with Crippen LogP contribution in [0.5, 0.6) is 0 Å². The summed E-state index contributed by atoms with van der Waals surface area (Å²) < 4.78 is 36.9. The fourth-order valence-electron chi connectivity index (χ4n) is 0.785. The van der Waals surface area contributed by atoms with Crippen molar-refractivity contribution in [3.05, 3.63) is 28.3 Å². The number of aliphatic hydroxyl groups excluding tert-OH is 1. The number of aliphatic hydroxyl groups is 1. The number of rotatable bonds is 2. The van der Waals surface area contributed by atoms with Crippen LogP contribution in [-0.4, -0.2) is 10.1 Å². The molecule has 0 amide bonds. The summed E-state index contributed by atoms with van der Waals surface area (Å²) in [5.74, 6) is -1.00. The van der Waals surface area contributed by atoms with Crippen LogP contribution in [0, 0.1) is 5.82 Å². The molecule has 0 atom stereocenters. The highest BCUT2D eigenvalue weighted by molar-refractivity contribution is 6.31. The van der Waals surface area contributed by atoms with E-state index < -0.39 is 29.6 Å². The summed E-state index contributed by atoms with van der Waals surface area (Å²) in [4.78, 5) is 3.28. The van der Waals surface area contributed by atoms with Gasteiger partial charge in [-0.15, -0.1) is 0 Å². The van der Waals surface area contributed by atoms with Crippen molar-refractivity contribution in [2.45, 2.75) is 13.0 Å². The van der Waals surface area contributed by atoms with Crippen LogP contribution in [-0.2, 0) is 6.61 Å². The van der Waals surface area contributed by atoms with E-state index in [1.807, 2.05) is 0 Å². The van der Waals surface area contributed by atoms with E-state index in [-0.39, 0.29) is 5.69 Å². The van der Waals surface area contributed by atoms with Crippen molar-refractivity contribution in [2.24, 2.45) is 0 Å². The van der Waals surface area contributed by atoms with E-state index in [1.165, 1.54) is 0 Å². The van der Waals surface area contributed by atoms with Gasteiger partial charge >= 0.3 is 0 Å². The topological polar surface area (TPSA) is 33.1 Å². The van der Waals surface area contributed by atoms with Gasteiger partial charge in [-0.3, -0.25) is 0 Å². The molecule has 13 heavy (non-hydrogen) atoms. The predicted molar refractivity (Wildman–Crippen MR) is 40.1 cm³/mol. The quantitative estimate of drug-likeness (QED) is 0.814. The second-order valence-electron chi connectivity index (χ2n) is 2.25. The smallest absolute Gasteiger partial charge is 0.280 e. The van der Waals surface area contributed by atoms with E-state index in [1.54, 1.807) is 0 Å². The van der Waals surface area contributed by atoms with Gasteiger partial charge in [0, 0.05) is 6.07 Å². The molecule has 1 N–H and O–H groups in total. The minimum absolute atomic E-state index is 0.281. The SMILES string of the molecule is OCc1nc(C(F)F)cc(F)c1Cl. The summed E-state index contributed by atoms with van der Waals surface area (Å²) in [6.45, 7) is -0.670. The molecule has 1 heterocycles. The number of hydrogen-bond donors (Lipinski definition) is 1.